The van der Waals surface area contributed by atoms with Gasteiger partial charge in [0.2, 0.25) is 0 Å². The van der Waals surface area contributed by atoms with Crippen molar-refractivity contribution in [3.63, 3.8) is 0 Å². The lowest BCUT2D eigenvalue weighted by Gasteiger charge is -2.22. The normalized spacial score (nSPS) is 12.2. The molecular formula is C19H17NO4S2. The number of benzene rings is 3. The molecule has 0 aliphatic carbocycles. The summed E-state index contributed by atoms with van der Waals surface area (Å²) in [6.07, 6.45) is 0. The van der Waals surface area contributed by atoms with E-state index < -0.39 is 20.0 Å². The predicted molar refractivity (Wildman–Crippen MR) is 99.2 cm³/mol. The first-order valence-corrected chi connectivity index (χ1v) is 10.7. The van der Waals surface area contributed by atoms with E-state index in [4.69, 9.17) is 0 Å². The average molecular weight is 387 g/mol. The van der Waals surface area contributed by atoms with Crippen LogP contribution in [0.2, 0.25) is 0 Å². The maximum Gasteiger partial charge on any atom is 0.256 e. The van der Waals surface area contributed by atoms with Crippen molar-refractivity contribution in [1.82, 2.24) is 3.71 Å². The third kappa shape index (κ3) is 3.70. The van der Waals surface area contributed by atoms with Crippen molar-refractivity contribution in [2.45, 2.75) is 16.3 Å². The Balaban J connectivity index is 2.14. The number of nitrogens with zero attached hydrogens (tertiary/aromatic N) is 1. The van der Waals surface area contributed by atoms with Gasteiger partial charge < -0.3 is 0 Å². The van der Waals surface area contributed by atoms with Crippen molar-refractivity contribution in [1.29, 1.82) is 0 Å². The molecule has 0 aliphatic heterocycles. The minimum atomic E-state index is -4.26. The Bertz CT molecular complexity index is 997. The Labute approximate surface area is 153 Å². The molecule has 0 saturated carbocycles. The van der Waals surface area contributed by atoms with E-state index in [1.807, 2.05) is 0 Å². The molecule has 0 bridgehead atoms. The summed E-state index contributed by atoms with van der Waals surface area (Å²) in [7, 11) is -8.52. The second kappa shape index (κ2) is 7.41. The Morgan fingerprint density at radius 2 is 0.885 bits per heavy atom. The molecule has 0 amide bonds. The lowest BCUT2D eigenvalue weighted by molar-refractivity contribution is 0.494. The van der Waals surface area contributed by atoms with Crippen molar-refractivity contribution in [3.05, 3.63) is 96.6 Å². The van der Waals surface area contributed by atoms with Crippen LogP contribution < -0.4 is 0 Å². The summed E-state index contributed by atoms with van der Waals surface area (Å²) in [4.78, 5) is -0.147. The first-order chi connectivity index (χ1) is 12.4. The summed E-state index contributed by atoms with van der Waals surface area (Å²) in [5.41, 5.74) is 0.575. The molecule has 3 rings (SSSR count). The molecule has 0 saturated heterocycles. The van der Waals surface area contributed by atoms with E-state index >= 15 is 0 Å². The topological polar surface area (TPSA) is 71.5 Å². The molecule has 134 valence electrons. The van der Waals surface area contributed by atoms with Gasteiger partial charge in [-0.1, -0.05) is 70.4 Å². The van der Waals surface area contributed by atoms with Crippen LogP contribution in [0.5, 0.6) is 0 Å². The molecule has 0 radical (unpaired) electrons. The van der Waals surface area contributed by atoms with Crippen LogP contribution >= 0.6 is 0 Å². The predicted octanol–water partition coefficient (Wildman–Crippen LogP) is 3.27. The highest BCUT2D eigenvalue weighted by molar-refractivity contribution is 8.04. The van der Waals surface area contributed by atoms with Gasteiger partial charge >= 0.3 is 0 Å². The van der Waals surface area contributed by atoms with Crippen molar-refractivity contribution >= 4 is 20.0 Å². The highest BCUT2D eigenvalue weighted by Crippen LogP contribution is 2.26. The standard InChI is InChI=1S/C19H17NO4S2/c21-25(22,18-12-6-2-7-13-18)20(16-17-10-4-1-5-11-17)26(23,24)19-14-8-3-9-15-19/h1-15H,16H2. The highest BCUT2D eigenvalue weighted by Gasteiger charge is 2.36. The SMILES string of the molecule is O=S(=O)(c1ccccc1)N(Cc1ccccc1)S(=O)(=O)c1ccccc1. The fourth-order valence-corrected chi connectivity index (χ4v) is 6.11. The monoisotopic (exact) mass is 387 g/mol. The Hall–Kier alpha value is -2.48. The van der Waals surface area contributed by atoms with Gasteiger partial charge in [0.15, 0.2) is 0 Å². The van der Waals surface area contributed by atoms with E-state index in [1.54, 1.807) is 66.7 Å². The second-order valence-corrected chi connectivity index (χ2v) is 9.51. The Kier molecular flexibility index (Phi) is 5.22. The molecule has 0 spiro atoms. The first kappa shape index (κ1) is 18.3. The fourth-order valence-electron chi connectivity index (χ4n) is 2.45. The minimum Gasteiger partial charge on any atom is -0.206 e. The van der Waals surface area contributed by atoms with E-state index in [2.05, 4.69) is 0 Å². The summed E-state index contributed by atoms with van der Waals surface area (Å²) in [6.45, 7) is -0.282. The molecule has 0 aliphatic rings. The number of rotatable bonds is 6. The zero-order valence-electron chi connectivity index (χ0n) is 13.8. The molecule has 5 nitrogen and oxygen atoms in total. The van der Waals surface area contributed by atoms with Crippen LogP contribution in [0.4, 0.5) is 0 Å². The Morgan fingerprint density at radius 1 is 0.538 bits per heavy atom. The molecule has 0 aromatic heterocycles. The molecule has 0 atom stereocenters. The maximum absolute atomic E-state index is 13.1. The van der Waals surface area contributed by atoms with Gasteiger partial charge in [-0.15, -0.1) is 0 Å². The maximum atomic E-state index is 13.1. The third-order valence-corrected chi connectivity index (χ3v) is 8.02. The van der Waals surface area contributed by atoms with Crippen LogP contribution in [0.25, 0.3) is 0 Å². The summed E-state index contributed by atoms with van der Waals surface area (Å²) in [5, 5.41) is 0. The van der Waals surface area contributed by atoms with Crippen LogP contribution in [-0.2, 0) is 26.6 Å². The van der Waals surface area contributed by atoms with Crippen molar-refractivity contribution in [2.75, 3.05) is 0 Å². The molecule has 3 aromatic carbocycles. The zero-order valence-corrected chi connectivity index (χ0v) is 15.4. The molecule has 7 heteroatoms. The fraction of sp³-hybridized carbons (Fsp3) is 0.0526. The van der Waals surface area contributed by atoms with Gasteiger partial charge in [0.05, 0.1) is 16.3 Å². The smallest absolute Gasteiger partial charge is 0.206 e. The van der Waals surface area contributed by atoms with Gasteiger partial charge in [-0.2, -0.15) is 0 Å². The minimum absolute atomic E-state index is 0.0737. The van der Waals surface area contributed by atoms with Gasteiger partial charge in [0, 0.05) is 0 Å². The summed E-state index contributed by atoms with van der Waals surface area (Å²) in [6, 6.07) is 23.7. The zero-order chi connectivity index (χ0) is 18.6. The van der Waals surface area contributed by atoms with Gasteiger partial charge in [0.1, 0.15) is 0 Å². The van der Waals surface area contributed by atoms with Crippen LogP contribution in [-0.4, -0.2) is 20.5 Å². The second-order valence-electron chi connectivity index (χ2n) is 5.55. The number of sulfonamides is 2. The van der Waals surface area contributed by atoms with Crippen molar-refractivity contribution in [3.8, 4) is 0 Å². The van der Waals surface area contributed by atoms with Gasteiger partial charge in [0.25, 0.3) is 20.0 Å². The Morgan fingerprint density at radius 3 is 1.27 bits per heavy atom. The molecule has 26 heavy (non-hydrogen) atoms. The first-order valence-electron chi connectivity index (χ1n) is 7.84. The summed E-state index contributed by atoms with van der Waals surface area (Å²) in [5.74, 6) is 0. The van der Waals surface area contributed by atoms with Crippen LogP contribution in [0.3, 0.4) is 0 Å². The molecule has 3 aromatic rings. The summed E-state index contributed by atoms with van der Waals surface area (Å²) < 4.78 is 53.0. The summed E-state index contributed by atoms with van der Waals surface area (Å²) >= 11 is 0. The van der Waals surface area contributed by atoms with Gasteiger partial charge in [-0.25, -0.2) is 16.8 Å². The highest BCUT2D eigenvalue weighted by atomic mass is 32.3. The number of hydrogen-bond donors (Lipinski definition) is 0. The van der Waals surface area contributed by atoms with Gasteiger partial charge in [-0.05, 0) is 29.8 Å². The lowest BCUT2D eigenvalue weighted by Crippen LogP contribution is -2.36. The largest absolute Gasteiger partial charge is 0.256 e. The molecular weight excluding hydrogens is 370 g/mol. The van der Waals surface area contributed by atoms with Crippen molar-refractivity contribution in [2.24, 2.45) is 0 Å². The average Bonchev–Trinajstić information content (AvgIpc) is 2.68. The van der Waals surface area contributed by atoms with Crippen LogP contribution in [0.15, 0.2) is 101 Å². The molecule has 0 heterocycles. The molecule has 0 N–H and O–H groups in total. The van der Waals surface area contributed by atoms with E-state index in [1.165, 1.54) is 24.3 Å². The molecule has 0 unspecified atom stereocenters. The van der Waals surface area contributed by atoms with E-state index in [9.17, 15) is 16.8 Å². The van der Waals surface area contributed by atoms with Crippen LogP contribution in [0, 0.1) is 0 Å². The van der Waals surface area contributed by atoms with Crippen LogP contribution in [0.1, 0.15) is 5.56 Å². The molecule has 0 fully saturated rings. The quantitative estimate of drug-likeness (QED) is 0.651. The van der Waals surface area contributed by atoms with E-state index in [-0.39, 0.29) is 16.3 Å². The third-order valence-electron chi connectivity index (χ3n) is 3.77. The number of hydrogen-bond acceptors (Lipinski definition) is 4. The van der Waals surface area contributed by atoms with Gasteiger partial charge in [-0.3, -0.25) is 0 Å². The lowest BCUT2D eigenvalue weighted by atomic mass is 10.2. The van der Waals surface area contributed by atoms with Crippen molar-refractivity contribution < 1.29 is 16.8 Å². The van der Waals surface area contributed by atoms with E-state index in [0.717, 1.165) is 0 Å². The van der Waals surface area contributed by atoms with E-state index in [0.29, 0.717) is 9.27 Å².